The van der Waals surface area contributed by atoms with Crippen LogP contribution in [0.25, 0.3) is 20.4 Å². The number of benzene rings is 2. The number of hydrogen-bond acceptors (Lipinski definition) is 22. The highest BCUT2D eigenvalue weighted by Gasteiger charge is 2.21. The molecule has 5 aromatic heterocycles. The minimum Gasteiger partial charge on any atom is -0.494 e. The number of fused-ring (bicyclic) bond motifs is 2. The molecule has 0 unspecified atom stereocenters. The Bertz CT molecular complexity index is 2740. The molecular weight excluding hydrogens is 970 g/mol. The number of nitrogens with zero attached hydrogens (tertiary/aromatic N) is 11. The third-order valence-electron chi connectivity index (χ3n) is 9.29. The van der Waals surface area contributed by atoms with Gasteiger partial charge in [0.05, 0.1) is 63.5 Å². The topological polar surface area (TPSA) is 217 Å². The van der Waals surface area contributed by atoms with Crippen molar-refractivity contribution in [1.29, 1.82) is 0 Å². The molecule has 26 heteroatoms. The van der Waals surface area contributed by atoms with Gasteiger partial charge in [0.1, 0.15) is 32.5 Å². The largest absolute Gasteiger partial charge is 0.494 e. The molecule has 332 valence electrons. The van der Waals surface area contributed by atoms with Gasteiger partial charge in [-0.15, -0.1) is 43.1 Å². The Morgan fingerprint density at radius 2 is 1.16 bits per heavy atom. The third-order valence-corrected chi connectivity index (χ3v) is 15.4. The number of hydrogen-bond donors (Lipinski definition) is 3. The molecule has 5 heterocycles. The Morgan fingerprint density at radius 1 is 0.714 bits per heavy atom. The van der Waals surface area contributed by atoms with Crippen LogP contribution in [0.3, 0.4) is 0 Å². The van der Waals surface area contributed by atoms with Crippen molar-refractivity contribution >= 4 is 167 Å². The number of ether oxygens (including phenoxy) is 2. The lowest BCUT2D eigenvalue weighted by Gasteiger charge is -2.25. The van der Waals surface area contributed by atoms with Crippen molar-refractivity contribution in [3.63, 3.8) is 0 Å². The predicted molar refractivity (Wildman–Crippen MR) is 260 cm³/mol. The van der Waals surface area contributed by atoms with Crippen molar-refractivity contribution in [3.05, 3.63) is 45.1 Å². The van der Waals surface area contributed by atoms with Gasteiger partial charge >= 0.3 is 0 Å². The first kappa shape index (κ1) is 46.5. The van der Waals surface area contributed by atoms with Gasteiger partial charge in [-0.25, -0.2) is 0 Å². The summed E-state index contributed by atoms with van der Waals surface area (Å²) in [6.45, 7) is 10.9. The molecule has 0 radical (unpaired) electrons. The molecule has 7 aromatic rings. The molecule has 0 atom stereocenters. The molecule has 2 aromatic carbocycles. The SMILES string of the molecule is CCN(CC)c1cc(Nc2nc(Nc3cc(N(CC)CC)c(OC)cc3/N=N/c3snc4scc(Cl)c34)nc(SCCS(=O)(=O)O)n2)c(/N=N/c2snc3scc(Cl)c23)cc1OC. The van der Waals surface area contributed by atoms with E-state index in [2.05, 4.69) is 59.6 Å². The minimum absolute atomic E-state index is 0.0487. The number of azo groups is 2. The van der Waals surface area contributed by atoms with E-state index in [0.717, 1.165) is 32.8 Å². The van der Waals surface area contributed by atoms with Crippen LogP contribution in [0.5, 0.6) is 11.5 Å². The third kappa shape index (κ3) is 10.7. The average Bonchev–Trinajstić information content (AvgIpc) is 4.05. The van der Waals surface area contributed by atoms with Gasteiger partial charge in [-0.05, 0) is 62.9 Å². The molecule has 0 amide bonds. The first-order valence-electron chi connectivity index (χ1n) is 19.1. The van der Waals surface area contributed by atoms with E-state index in [9.17, 15) is 13.0 Å². The summed E-state index contributed by atoms with van der Waals surface area (Å²) in [5.41, 5.74) is 3.26. The number of aromatic nitrogens is 5. The molecule has 0 spiro atoms. The molecule has 0 bridgehead atoms. The second kappa shape index (κ2) is 20.5. The maximum absolute atomic E-state index is 11.7. The number of anilines is 6. The Balaban J connectivity index is 1.34. The van der Waals surface area contributed by atoms with Gasteiger partial charge in [0.25, 0.3) is 10.1 Å². The van der Waals surface area contributed by atoms with Crippen LogP contribution in [0.2, 0.25) is 10.0 Å². The molecule has 3 N–H and O–H groups in total. The molecule has 0 saturated heterocycles. The number of nitrogens with one attached hydrogen (secondary N) is 2. The molecule has 63 heavy (non-hydrogen) atoms. The summed E-state index contributed by atoms with van der Waals surface area (Å²) in [5, 5.41) is 32.4. The molecule has 18 nitrogen and oxygen atoms in total. The zero-order valence-electron chi connectivity index (χ0n) is 34.4. The molecule has 0 saturated carbocycles. The van der Waals surface area contributed by atoms with Gasteiger partial charge in [0, 0.05) is 54.8 Å². The quantitative estimate of drug-likeness (QED) is 0.0367. The number of thiophene rings is 2. The summed E-state index contributed by atoms with van der Waals surface area (Å²) >= 11 is 19.2. The zero-order chi connectivity index (χ0) is 44.8. The van der Waals surface area contributed by atoms with E-state index >= 15 is 0 Å². The predicted octanol–water partition coefficient (Wildman–Crippen LogP) is 12.5. The first-order valence-corrected chi connectivity index (χ1v) is 25.7. The molecule has 0 aliphatic heterocycles. The standard InChI is InChI=1S/C37H39Cl2N13O5S6/c1-7-51(8-2)25-13-21(23(15-27(25)56-5)45-47-31-29-19(38)17-59-33(29)49-61-31)40-35-42-36(44-37(43-35)58-11-12-63(53,54)55)41-22-14-26(52(9-3)10-4)28(57-6)16-24(22)46-48-32-30-20(39)18-60-34(30)50-62-32/h13-18H,7-12H2,1-6H3,(H,53,54,55)(H2,40,41,42,43,44)/b47-45+,48-46+. The Hall–Kier alpha value is -4.53. The van der Waals surface area contributed by atoms with Crippen LogP contribution in [0.1, 0.15) is 27.7 Å². The van der Waals surface area contributed by atoms with Crippen LogP contribution in [0, 0.1) is 0 Å². The number of thioether (sulfide) groups is 1. The van der Waals surface area contributed by atoms with E-state index in [0.29, 0.717) is 91.2 Å². The Labute approximate surface area is 392 Å². The van der Waals surface area contributed by atoms with Gasteiger partial charge in [0.15, 0.2) is 15.2 Å². The fourth-order valence-electron chi connectivity index (χ4n) is 6.22. The Morgan fingerprint density at radius 3 is 1.56 bits per heavy atom. The van der Waals surface area contributed by atoms with E-state index in [-0.39, 0.29) is 22.8 Å². The zero-order valence-corrected chi connectivity index (χ0v) is 40.8. The van der Waals surface area contributed by atoms with Gasteiger partial charge < -0.3 is 29.9 Å². The molecule has 7 rings (SSSR count). The van der Waals surface area contributed by atoms with Gasteiger partial charge in [-0.1, -0.05) is 35.0 Å². The van der Waals surface area contributed by atoms with Crippen LogP contribution < -0.4 is 29.9 Å². The minimum atomic E-state index is -4.27. The summed E-state index contributed by atoms with van der Waals surface area (Å²) in [7, 11) is -1.10. The number of halogens is 2. The summed E-state index contributed by atoms with van der Waals surface area (Å²) in [4.78, 5) is 19.8. The summed E-state index contributed by atoms with van der Waals surface area (Å²) < 4.78 is 53.5. The van der Waals surface area contributed by atoms with Gasteiger partial charge in [-0.2, -0.15) is 32.1 Å². The van der Waals surface area contributed by atoms with Crippen LogP contribution in [0.4, 0.5) is 56.0 Å². The highest BCUT2D eigenvalue weighted by atomic mass is 35.5. The monoisotopic (exact) mass is 1010 g/mol. The fraction of sp³-hybridized carbons (Fsp3) is 0.324. The van der Waals surface area contributed by atoms with Crippen LogP contribution in [0.15, 0.2) is 60.6 Å². The lowest BCUT2D eigenvalue weighted by Crippen LogP contribution is -2.22. The van der Waals surface area contributed by atoms with Crippen LogP contribution >= 0.6 is 80.7 Å². The summed E-state index contributed by atoms with van der Waals surface area (Å²) in [6.07, 6.45) is 0. The first-order chi connectivity index (χ1) is 30.4. The summed E-state index contributed by atoms with van der Waals surface area (Å²) in [6, 6.07) is 7.27. The Kier molecular flexibility index (Phi) is 15.1. The lowest BCUT2D eigenvalue weighted by atomic mass is 10.2. The molecule has 0 aliphatic carbocycles. The maximum atomic E-state index is 11.7. The van der Waals surface area contributed by atoms with Gasteiger partial charge in [-0.3, -0.25) is 4.55 Å². The van der Waals surface area contributed by atoms with E-state index in [1.165, 1.54) is 45.7 Å². The second-order valence-corrected chi connectivity index (χ2v) is 19.6. The van der Waals surface area contributed by atoms with Crippen LogP contribution in [-0.2, 0) is 10.1 Å². The molecule has 0 aliphatic rings. The molecular formula is C37H39Cl2N13O5S6. The number of rotatable bonds is 20. The van der Waals surface area contributed by atoms with Crippen molar-refractivity contribution in [1.82, 2.24) is 23.7 Å². The van der Waals surface area contributed by atoms with E-state index in [1.54, 1.807) is 37.1 Å². The fourth-order valence-corrected chi connectivity index (χ4v) is 12.0. The highest BCUT2D eigenvalue weighted by Crippen LogP contribution is 2.46. The smallest absolute Gasteiger partial charge is 0.265 e. The normalized spacial score (nSPS) is 12.0. The van der Waals surface area contributed by atoms with Gasteiger partial charge in [0.2, 0.25) is 11.9 Å². The maximum Gasteiger partial charge on any atom is 0.265 e. The van der Waals surface area contributed by atoms with Crippen molar-refractivity contribution < 1.29 is 22.4 Å². The second-order valence-electron chi connectivity index (χ2n) is 13.0. The van der Waals surface area contributed by atoms with Crippen molar-refractivity contribution in [2.24, 2.45) is 20.5 Å². The lowest BCUT2D eigenvalue weighted by molar-refractivity contribution is 0.414. The highest BCUT2D eigenvalue weighted by molar-refractivity contribution is 8.00. The molecule has 0 fully saturated rings. The number of methoxy groups -OCH3 is 2. The average molecular weight is 1010 g/mol. The van der Waals surface area contributed by atoms with E-state index in [4.69, 9.17) is 37.7 Å². The summed E-state index contributed by atoms with van der Waals surface area (Å²) in [5.74, 6) is 0.703. The van der Waals surface area contributed by atoms with Crippen molar-refractivity contribution in [3.8, 4) is 11.5 Å². The van der Waals surface area contributed by atoms with E-state index < -0.39 is 15.9 Å². The van der Waals surface area contributed by atoms with Crippen molar-refractivity contribution in [2.75, 3.05) is 72.3 Å². The van der Waals surface area contributed by atoms with Crippen molar-refractivity contribution in [2.45, 2.75) is 32.9 Å². The van der Waals surface area contributed by atoms with Crippen LogP contribution in [-0.4, -0.2) is 88.6 Å². The van der Waals surface area contributed by atoms with E-state index in [1.807, 2.05) is 39.8 Å².